The van der Waals surface area contributed by atoms with Crippen LogP contribution >= 0.6 is 0 Å². The fourth-order valence-electron chi connectivity index (χ4n) is 3.67. The summed E-state index contributed by atoms with van der Waals surface area (Å²) in [5, 5.41) is 19.2. The Kier molecular flexibility index (Phi) is 7.75. The van der Waals surface area contributed by atoms with E-state index in [9.17, 15) is 19.8 Å². The number of carbonyl (C=O) groups is 2. The van der Waals surface area contributed by atoms with Gasteiger partial charge in [0.1, 0.15) is 17.8 Å². The fraction of sp³-hybridized carbons (Fsp3) is 0.625. The van der Waals surface area contributed by atoms with Crippen LogP contribution in [0.2, 0.25) is 0 Å². The van der Waals surface area contributed by atoms with Gasteiger partial charge in [-0.2, -0.15) is 0 Å². The van der Waals surface area contributed by atoms with Gasteiger partial charge < -0.3 is 24.7 Å². The van der Waals surface area contributed by atoms with E-state index in [0.717, 1.165) is 12.8 Å². The SMILES string of the molecule is C[C@H](CO)N1C[C@H](C)[C@@H](CN(C)C(=O)CC2CC2)Oc2ncc(C#C[C@@H](C)O)cc2C1=O. The van der Waals surface area contributed by atoms with Gasteiger partial charge in [0.15, 0.2) is 0 Å². The van der Waals surface area contributed by atoms with Crippen molar-refractivity contribution in [2.45, 2.75) is 58.3 Å². The number of amides is 2. The molecule has 1 fully saturated rings. The Labute approximate surface area is 189 Å². The molecular weight excluding hydrogens is 410 g/mol. The van der Waals surface area contributed by atoms with Gasteiger partial charge in [-0.1, -0.05) is 18.8 Å². The predicted molar refractivity (Wildman–Crippen MR) is 119 cm³/mol. The van der Waals surface area contributed by atoms with Gasteiger partial charge >= 0.3 is 0 Å². The van der Waals surface area contributed by atoms with Crippen molar-refractivity contribution in [2.75, 3.05) is 26.7 Å². The number of pyridine rings is 1. The number of ether oxygens (including phenoxy) is 1. The van der Waals surface area contributed by atoms with Gasteiger partial charge in [-0.05, 0) is 38.7 Å². The molecule has 32 heavy (non-hydrogen) atoms. The van der Waals surface area contributed by atoms with Crippen LogP contribution in [0.3, 0.4) is 0 Å². The first-order valence-corrected chi connectivity index (χ1v) is 11.2. The molecule has 4 atom stereocenters. The lowest BCUT2D eigenvalue weighted by atomic mass is 9.99. The summed E-state index contributed by atoms with van der Waals surface area (Å²) in [6, 6.07) is 1.21. The van der Waals surface area contributed by atoms with Crippen LogP contribution < -0.4 is 4.74 Å². The second kappa shape index (κ2) is 10.3. The highest BCUT2D eigenvalue weighted by atomic mass is 16.5. The first kappa shape index (κ1) is 24.0. The zero-order chi connectivity index (χ0) is 23.4. The number of hydrogen-bond acceptors (Lipinski definition) is 6. The van der Waals surface area contributed by atoms with E-state index in [1.165, 1.54) is 6.20 Å². The van der Waals surface area contributed by atoms with Gasteiger partial charge in [0.05, 0.1) is 19.2 Å². The Morgan fingerprint density at radius 2 is 2.12 bits per heavy atom. The van der Waals surface area contributed by atoms with Crippen LogP contribution in [-0.4, -0.2) is 81.8 Å². The van der Waals surface area contributed by atoms with Crippen molar-refractivity contribution in [3.8, 4) is 17.7 Å². The van der Waals surface area contributed by atoms with Crippen molar-refractivity contribution in [1.82, 2.24) is 14.8 Å². The molecule has 2 aliphatic rings. The fourth-order valence-corrected chi connectivity index (χ4v) is 3.67. The van der Waals surface area contributed by atoms with Gasteiger partial charge in [-0.25, -0.2) is 4.98 Å². The molecule has 174 valence electrons. The van der Waals surface area contributed by atoms with Crippen LogP contribution in [0.25, 0.3) is 0 Å². The Morgan fingerprint density at radius 3 is 2.75 bits per heavy atom. The molecule has 2 amide bonds. The average molecular weight is 444 g/mol. The van der Waals surface area contributed by atoms with Crippen molar-refractivity contribution in [3.05, 3.63) is 23.4 Å². The maximum absolute atomic E-state index is 13.3. The van der Waals surface area contributed by atoms with E-state index in [0.29, 0.717) is 31.0 Å². The predicted octanol–water partition coefficient (Wildman–Crippen LogP) is 1.29. The van der Waals surface area contributed by atoms with Crippen LogP contribution in [0.4, 0.5) is 0 Å². The maximum atomic E-state index is 13.3. The third-order valence-electron chi connectivity index (χ3n) is 5.99. The quantitative estimate of drug-likeness (QED) is 0.643. The second-order valence-electron chi connectivity index (χ2n) is 9.07. The lowest BCUT2D eigenvalue weighted by Gasteiger charge is -2.37. The van der Waals surface area contributed by atoms with Crippen LogP contribution in [0.1, 0.15) is 56.0 Å². The van der Waals surface area contributed by atoms with Crippen molar-refractivity contribution < 1.29 is 24.5 Å². The summed E-state index contributed by atoms with van der Waals surface area (Å²) in [5.74, 6) is 5.86. The van der Waals surface area contributed by atoms with Crippen molar-refractivity contribution in [2.24, 2.45) is 11.8 Å². The van der Waals surface area contributed by atoms with Crippen molar-refractivity contribution in [3.63, 3.8) is 0 Å². The number of aromatic nitrogens is 1. The molecule has 1 aromatic rings. The molecule has 8 nitrogen and oxygen atoms in total. The van der Waals surface area contributed by atoms with Gasteiger partial charge in [0.2, 0.25) is 11.8 Å². The van der Waals surface area contributed by atoms with Gasteiger partial charge in [-0.15, -0.1) is 0 Å². The molecule has 1 aliphatic heterocycles. The molecule has 8 heteroatoms. The number of aliphatic hydroxyl groups is 2. The van der Waals surface area contributed by atoms with E-state index in [1.807, 2.05) is 6.92 Å². The Morgan fingerprint density at radius 1 is 1.41 bits per heavy atom. The van der Waals surface area contributed by atoms with E-state index in [-0.39, 0.29) is 41.9 Å². The Balaban J connectivity index is 1.91. The molecule has 0 spiro atoms. The van der Waals surface area contributed by atoms with Crippen molar-refractivity contribution >= 4 is 11.8 Å². The van der Waals surface area contributed by atoms with E-state index in [1.54, 1.807) is 36.8 Å². The number of hydrogen-bond donors (Lipinski definition) is 2. The molecule has 1 saturated carbocycles. The molecule has 3 rings (SSSR count). The summed E-state index contributed by atoms with van der Waals surface area (Å²) in [6.07, 6.45) is 3.12. The number of aliphatic hydroxyl groups excluding tert-OH is 2. The van der Waals surface area contributed by atoms with Gasteiger partial charge in [-0.3, -0.25) is 9.59 Å². The largest absolute Gasteiger partial charge is 0.472 e. The molecule has 0 saturated heterocycles. The van der Waals surface area contributed by atoms with E-state index >= 15 is 0 Å². The number of carbonyl (C=O) groups excluding carboxylic acids is 2. The monoisotopic (exact) mass is 443 g/mol. The Bertz CT molecular complexity index is 903. The van der Waals surface area contributed by atoms with Crippen LogP contribution in [0.5, 0.6) is 5.88 Å². The second-order valence-corrected chi connectivity index (χ2v) is 9.07. The third kappa shape index (κ3) is 5.99. The van der Waals surface area contributed by atoms with Crippen molar-refractivity contribution in [1.29, 1.82) is 0 Å². The number of likely N-dealkylation sites (N-methyl/N-ethyl adjacent to an activating group) is 1. The molecular formula is C24H33N3O5. The summed E-state index contributed by atoms with van der Waals surface area (Å²) in [5.41, 5.74) is 0.742. The minimum Gasteiger partial charge on any atom is -0.472 e. The highest BCUT2D eigenvalue weighted by Gasteiger charge is 2.35. The van der Waals surface area contributed by atoms with Gasteiger partial charge in [0.25, 0.3) is 5.91 Å². The average Bonchev–Trinajstić information content (AvgIpc) is 3.58. The van der Waals surface area contributed by atoms with Gasteiger partial charge in [0, 0.05) is 37.7 Å². The summed E-state index contributed by atoms with van der Waals surface area (Å²) >= 11 is 0. The van der Waals surface area contributed by atoms with Crippen LogP contribution in [0, 0.1) is 23.7 Å². The zero-order valence-corrected chi connectivity index (χ0v) is 19.2. The summed E-state index contributed by atoms with van der Waals surface area (Å²) in [4.78, 5) is 33.5. The normalized spacial score (nSPS) is 22.4. The number of fused-ring (bicyclic) bond motifs is 1. The smallest absolute Gasteiger partial charge is 0.259 e. The number of rotatable bonds is 6. The summed E-state index contributed by atoms with van der Waals surface area (Å²) < 4.78 is 6.19. The molecule has 2 heterocycles. The molecule has 1 aliphatic carbocycles. The third-order valence-corrected chi connectivity index (χ3v) is 5.99. The Hall–Kier alpha value is -2.63. The van der Waals surface area contributed by atoms with E-state index in [2.05, 4.69) is 16.8 Å². The minimum atomic E-state index is -0.802. The molecule has 0 radical (unpaired) electrons. The highest BCUT2D eigenvalue weighted by Crippen LogP contribution is 2.33. The lowest BCUT2D eigenvalue weighted by molar-refractivity contribution is -0.131. The molecule has 0 unspecified atom stereocenters. The summed E-state index contributed by atoms with van der Waals surface area (Å²) in [6.45, 7) is 5.90. The highest BCUT2D eigenvalue weighted by molar-refractivity contribution is 5.97. The van der Waals surface area contributed by atoms with E-state index in [4.69, 9.17) is 4.74 Å². The maximum Gasteiger partial charge on any atom is 0.259 e. The lowest BCUT2D eigenvalue weighted by Crippen LogP contribution is -2.50. The molecule has 0 bridgehead atoms. The topological polar surface area (TPSA) is 103 Å². The van der Waals surface area contributed by atoms with E-state index < -0.39 is 12.1 Å². The van der Waals surface area contributed by atoms with Crippen LogP contribution in [0.15, 0.2) is 12.3 Å². The standard InChI is InChI=1S/C24H33N3O5/c1-15-12-27(16(2)14-28)24(31)20-9-19(6-5-17(3)29)11-25-23(20)32-21(15)13-26(4)22(30)10-18-7-8-18/h9,11,15-18,21,28-29H,7-8,10,12-14H2,1-4H3/t15-,16+,17+,21+/m0/s1. The minimum absolute atomic E-state index is 0.0891. The number of nitrogens with zero attached hydrogens (tertiary/aromatic N) is 3. The first-order valence-electron chi connectivity index (χ1n) is 11.2. The molecule has 0 aromatic carbocycles. The zero-order valence-electron chi connectivity index (χ0n) is 19.2. The van der Waals surface area contributed by atoms with Crippen LogP contribution in [-0.2, 0) is 4.79 Å². The molecule has 2 N–H and O–H groups in total. The summed E-state index contributed by atoms with van der Waals surface area (Å²) in [7, 11) is 1.78. The first-order chi connectivity index (χ1) is 15.2. The molecule has 1 aromatic heterocycles.